The van der Waals surface area contributed by atoms with E-state index in [-0.39, 0.29) is 11.8 Å². The molecule has 2 aliphatic heterocycles. The van der Waals surface area contributed by atoms with Crippen LogP contribution in [0.4, 0.5) is 5.82 Å². The van der Waals surface area contributed by atoms with Crippen molar-refractivity contribution in [3.63, 3.8) is 0 Å². The van der Waals surface area contributed by atoms with Crippen LogP contribution in [-0.2, 0) is 4.79 Å². The van der Waals surface area contributed by atoms with Crippen molar-refractivity contribution in [1.82, 2.24) is 20.2 Å². The van der Waals surface area contributed by atoms with Gasteiger partial charge in [-0.3, -0.25) is 9.69 Å². The van der Waals surface area contributed by atoms with Crippen LogP contribution in [-0.4, -0.2) is 66.4 Å². The molecule has 2 unspecified atom stereocenters. The molecule has 1 aromatic heterocycles. The number of amides is 1. The van der Waals surface area contributed by atoms with Crippen molar-refractivity contribution in [2.24, 2.45) is 10.9 Å². The lowest BCUT2D eigenvalue weighted by molar-refractivity contribution is -0.126. The fourth-order valence-corrected chi connectivity index (χ4v) is 4.77. The molecule has 3 heterocycles. The summed E-state index contributed by atoms with van der Waals surface area (Å²) in [6, 6.07) is 3.68. The van der Waals surface area contributed by atoms with Crippen molar-refractivity contribution in [3.05, 3.63) is 41.2 Å². The summed E-state index contributed by atoms with van der Waals surface area (Å²) in [5, 5.41) is 4.50. The van der Waals surface area contributed by atoms with Gasteiger partial charge in [0.15, 0.2) is 17.3 Å². The second-order valence-corrected chi connectivity index (χ2v) is 8.89. The van der Waals surface area contributed by atoms with Crippen molar-refractivity contribution in [2.75, 3.05) is 39.9 Å². The predicted molar refractivity (Wildman–Crippen MR) is 127 cm³/mol. The molecule has 1 fully saturated rings. The lowest BCUT2D eigenvalue weighted by Crippen LogP contribution is -2.44. The molecule has 1 amide bonds. The molecule has 1 N–H and O–H groups in total. The van der Waals surface area contributed by atoms with Gasteiger partial charge in [-0.2, -0.15) is 0 Å². The van der Waals surface area contributed by atoms with Crippen LogP contribution in [0.1, 0.15) is 19.3 Å². The number of allylic oxidation sites excluding steroid dienone is 3. The van der Waals surface area contributed by atoms with E-state index in [0.29, 0.717) is 55.0 Å². The number of aliphatic imine (C=N–C) groups is 1. The van der Waals surface area contributed by atoms with Gasteiger partial charge in [0.2, 0.25) is 5.91 Å². The molecule has 3 aliphatic rings. The highest BCUT2D eigenvalue weighted by Crippen LogP contribution is 2.35. The molecule has 33 heavy (non-hydrogen) atoms. The van der Waals surface area contributed by atoms with Crippen LogP contribution in [0, 0.1) is 5.92 Å². The summed E-state index contributed by atoms with van der Waals surface area (Å²) in [4.78, 5) is 28.9. The molecule has 1 aliphatic carbocycles. The van der Waals surface area contributed by atoms with Crippen molar-refractivity contribution >= 4 is 39.9 Å². The molecular formula is C24H26ClN5O3. The van der Waals surface area contributed by atoms with E-state index in [2.05, 4.69) is 20.2 Å². The van der Waals surface area contributed by atoms with Crippen LogP contribution < -0.4 is 14.8 Å². The largest absolute Gasteiger partial charge is 0.493 e. The zero-order chi connectivity index (χ0) is 22.8. The monoisotopic (exact) mass is 467 g/mol. The van der Waals surface area contributed by atoms with Crippen molar-refractivity contribution in [3.8, 4) is 11.5 Å². The Kier molecular flexibility index (Phi) is 6.28. The average molecular weight is 468 g/mol. The van der Waals surface area contributed by atoms with E-state index in [1.165, 1.54) is 6.33 Å². The highest BCUT2D eigenvalue weighted by atomic mass is 35.5. The number of ether oxygens (including phenoxy) is 2. The molecular weight excluding hydrogens is 442 g/mol. The van der Waals surface area contributed by atoms with E-state index in [0.717, 1.165) is 41.6 Å². The fourth-order valence-electron chi connectivity index (χ4n) is 4.56. The summed E-state index contributed by atoms with van der Waals surface area (Å²) in [5.41, 5.74) is 2.68. The summed E-state index contributed by atoms with van der Waals surface area (Å²) in [6.07, 6.45) is 7.92. The topological polar surface area (TPSA) is 88.9 Å². The Morgan fingerprint density at radius 1 is 1.30 bits per heavy atom. The Balaban J connectivity index is 1.60. The van der Waals surface area contributed by atoms with Gasteiger partial charge in [-0.15, -0.1) is 0 Å². The second kappa shape index (κ2) is 9.49. The Morgan fingerprint density at radius 2 is 2.21 bits per heavy atom. The molecule has 2 aromatic rings. The number of nitrogens with one attached hydrogen (secondary N) is 1. The van der Waals surface area contributed by atoms with Gasteiger partial charge in [-0.05, 0) is 37.1 Å². The van der Waals surface area contributed by atoms with Crippen LogP contribution in [0.2, 0.25) is 0 Å². The number of fused-ring (bicyclic) bond motifs is 4. The van der Waals surface area contributed by atoms with E-state index in [9.17, 15) is 4.79 Å². The third kappa shape index (κ3) is 4.72. The van der Waals surface area contributed by atoms with Crippen molar-refractivity contribution < 1.29 is 14.3 Å². The number of hydrogen-bond donors (Lipinski definition) is 1. The van der Waals surface area contributed by atoms with Crippen molar-refractivity contribution in [2.45, 2.75) is 19.3 Å². The maximum atomic E-state index is 12.8. The van der Waals surface area contributed by atoms with E-state index in [4.69, 9.17) is 26.1 Å². The van der Waals surface area contributed by atoms with E-state index in [1.807, 2.05) is 24.3 Å². The standard InChI is InChI=1S/C24H26ClN5O3/c1-32-21-11-20-18-10-22(21)33-8-6-26-24(31)15-3-2-7-30(12-15)13-16-9-17(25)4-5-19(16)29-23(18)28-14-27-20/h4,9-11,14-15H,2-3,5-8,12-13H2,1H3,(H,26,31)/b29-19-. The van der Waals surface area contributed by atoms with Gasteiger partial charge in [0.05, 0.1) is 30.8 Å². The number of nitrogens with zero attached hydrogens (tertiary/aromatic N) is 4. The van der Waals surface area contributed by atoms with Crippen LogP contribution in [0.3, 0.4) is 0 Å². The third-order valence-corrected chi connectivity index (χ3v) is 6.51. The zero-order valence-corrected chi connectivity index (χ0v) is 19.3. The number of hydrogen-bond acceptors (Lipinski definition) is 7. The van der Waals surface area contributed by atoms with Gasteiger partial charge in [0.1, 0.15) is 12.9 Å². The molecule has 172 valence electrons. The highest BCUT2D eigenvalue weighted by molar-refractivity contribution is 6.32. The Hall–Kier alpha value is -2.97. The predicted octanol–water partition coefficient (Wildman–Crippen LogP) is 3.38. The van der Waals surface area contributed by atoms with E-state index in [1.54, 1.807) is 7.11 Å². The number of carbonyl (C=O) groups is 1. The van der Waals surface area contributed by atoms with Gasteiger partial charge < -0.3 is 14.8 Å². The average Bonchev–Trinajstić information content (AvgIpc) is 2.82. The normalized spacial score (nSPS) is 25.2. The number of halogens is 1. The molecule has 4 bridgehead atoms. The summed E-state index contributed by atoms with van der Waals surface area (Å²) in [5.74, 6) is 1.75. The second-order valence-electron chi connectivity index (χ2n) is 8.45. The smallest absolute Gasteiger partial charge is 0.224 e. The minimum atomic E-state index is -0.0402. The van der Waals surface area contributed by atoms with Gasteiger partial charge in [-0.25, -0.2) is 15.0 Å². The van der Waals surface area contributed by atoms with Gasteiger partial charge in [0.25, 0.3) is 0 Å². The van der Waals surface area contributed by atoms with Crippen LogP contribution in [0.25, 0.3) is 10.9 Å². The lowest BCUT2D eigenvalue weighted by atomic mass is 9.95. The number of carbonyl (C=O) groups excluding carboxylic acids is 1. The number of benzene rings is 1. The molecule has 1 saturated heterocycles. The van der Waals surface area contributed by atoms with E-state index < -0.39 is 0 Å². The summed E-state index contributed by atoms with van der Waals surface area (Å²) >= 11 is 6.37. The first kappa shape index (κ1) is 21.9. The number of aromatic nitrogens is 2. The summed E-state index contributed by atoms with van der Waals surface area (Å²) < 4.78 is 11.5. The number of piperidine rings is 1. The minimum Gasteiger partial charge on any atom is -0.493 e. The quantitative estimate of drug-likeness (QED) is 0.691. The van der Waals surface area contributed by atoms with Crippen LogP contribution in [0.5, 0.6) is 11.5 Å². The molecule has 1 aromatic carbocycles. The molecule has 0 saturated carbocycles. The van der Waals surface area contributed by atoms with Gasteiger partial charge in [-0.1, -0.05) is 17.7 Å². The molecule has 5 rings (SSSR count). The summed E-state index contributed by atoms with van der Waals surface area (Å²) in [6.45, 7) is 3.10. The first-order valence-electron chi connectivity index (χ1n) is 11.2. The van der Waals surface area contributed by atoms with Crippen molar-refractivity contribution in [1.29, 1.82) is 0 Å². The van der Waals surface area contributed by atoms with E-state index >= 15 is 0 Å². The maximum Gasteiger partial charge on any atom is 0.224 e. The third-order valence-electron chi connectivity index (χ3n) is 6.24. The minimum absolute atomic E-state index is 0.0402. The van der Waals surface area contributed by atoms with Crippen LogP contribution in [0.15, 0.2) is 46.2 Å². The number of methoxy groups -OCH3 is 1. The fraction of sp³-hybridized carbons (Fsp3) is 0.417. The first-order chi connectivity index (χ1) is 16.1. The van der Waals surface area contributed by atoms with Gasteiger partial charge >= 0.3 is 0 Å². The maximum absolute atomic E-state index is 12.8. The molecule has 8 nitrogen and oxygen atoms in total. The molecule has 9 heteroatoms. The first-order valence-corrected chi connectivity index (χ1v) is 11.6. The Labute approximate surface area is 197 Å². The highest BCUT2D eigenvalue weighted by Gasteiger charge is 2.27. The van der Waals surface area contributed by atoms with Crippen LogP contribution >= 0.6 is 11.6 Å². The molecule has 0 spiro atoms. The summed E-state index contributed by atoms with van der Waals surface area (Å²) in [7, 11) is 1.59. The zero-order valence-electron chi connectivity index (χ0n) is 18.5. The molecule has 2 atom stereocenters. The Bertz CT molecular complexity index is 1180. The Morgan fingerprint density at radius 3 is 3.09 bits per heavy atom. The lowest BCUT2D eigenvalue weighted by Gasteiger charge is -2.33. The van der Waals surface area contributed by atoms with Gasteiger partial charge in [0, 0.05) is 36.0 Å². The molecule has 0 radical (unpaired) electrons. The SMILES string of the molecule is COc1cc2ncnc3c2cc1OCCNC(=O)C1CCCN(CC2=CC(Cl)=CC/C2=N/3)C1. The number of rotatable bonds is 1.